The number of aryl methyl sites for hydroxylation is 1. The zero-order valence-corrected chi connectivity index (χ0v) is 19.4. The Bertz CT molecular complexity index is 1350. The van der Waals surface area contributed by atoms with Crippen LogP contribution in [0.1, 0.15) is 51.6 Å². The lowest BCUT2D eigenvalue weighted by Crippen LogP contribution is -2.38. The summed E-state index contributed by atoms with van der Waals surface area (Å²) >= 11 is 0. The Hall–Kier alpha value is -4.51. The number of carboxylic acid groups (broad SMARTS) is 1. The van der Waals surface area contributed by atoms with Crippen molar-refractivity contribution in [1.82, 2.24) is 5.32 Å². The standard InChI is InChI=1S/C28H24N2O6/c29-16-20-14-23-24(36-28(32)33)11-12-34-26(23)15-25(20)35-22-9-6-18(7-10-22)27(31)30-21-8-5-17-3-1-2-4-19(17)13-21/h1-4,6-7,9-10,14-15,21,24H,5,8,11-13H2,(H,30,31)(H,32,33). The van der Waals surface area contributed by atoms with Crippen molar-refractivity contribution in [3.63, 3.8) is 0 Å². The Labute approximate surface area is 208 Å². The minimum atomic E-state index is -1.39. The fraction of sp³-hybridized carbons (Fsp3) is 0.250. The van der Waals surface area contributed by atoms with Gasteiger partial charge in [-0.25, -0.2) is 4.79 Å². The molecule has 2 aliphatic rings. The molecule has 3 aromatic rings. The van der Waals surface area contributed by atoms with Gasteiger partial charge in [-0.1, -0.05) is 24.3 Å². The van der Waals surface area contributed by atoms with Crippen molar-refractivity contribution < 1.29 is 28.9 Å². The number of amides is 1. The number of fused-ring (bicyclic) bond motifs is 2. The van der Waals surface area contributed by atoms with Gasteiger partial charge in [-0.3, -0.25) is 4.79 Å². The van der Waals surface area contributed by atoms with E-state index in [9.17, 15) is 14.9 Å². The van der Waals surface area contributed by atoms with Crippen LogP contribution in [-0.4, -0.2) is 29.8 Å². The average molecular weight is 485 g/mol. The predicted molar refractivity (Wildman–Crippen MR) is 129 cm³/mol. The number of carbonyl (C=O) groups excluding carboxylic acids is 1. The molecular weight excluding hydrogens is 460 g/mol. The first kappa shape index (κ1) is 23.2. The summed E-state index contributed by atoms with van der Waals surface area (Å²) in [5, 5.41) is 21.7. The second-order valence-electron chi connectivity index (χ2n) is 8.82. The molecule has 0 aromatic heterocycles. The van der Waals surface area contributed by atoms with E-state index in [1.54, 1.807) is 30.3 Å². The van der Waals surface area contributed by atoms with Crippen molar-refractivity contribution in [3.8, 4) is 23.3 Å². The number of hydrogen-bond donors (Lipinski definition) is 2. The van der Waals surface area contributed by atoms with Gasteiger partial charge in [0.1, 0.15) is 29.4 Å². The summed E-state index contributed by atoms with van der Waals surface area (Å²) in [7, 11) is 0. The highest BCUT2D eigenvalue weighted by Crippen LogP contribution is 2.40. The van der Waals surface area contributed by atoms with Crippen LogP contribution in [-0.2, 0) is 17.6 Å². The van der Waals surface area contributed by atoms with E-state index in [0.29, 0.717) is 29.0 Å². The van der Waals surface area contributed by atoms with Crippen molar-refractivity contribution >= 4 is 12.1 Å². The molecule has 8 nitrogen and oxygen atoms in total. The Kier molecular flexibility index (Phi) is 6.46. The third-order valence-electron chi connectivity index (χ3n) is 6.49. The van der Waals surface area contributed by atoms with E-state index >= 15 is 0 Å². The molecule has 1 amide bonds. The smallest absolute Gasteiger partial charge is 0.493 e. The van der Waals surface area contributed by atoms with E-state index in [4.69, 9.17) is 19.3 Å². The van der Waals surface area contributed by atoms with Gasteiger partial charge < -0.3 is 24.6 Å². The van der Waals surface area contributed by atoms with Gasteiger partial charge in [0.15, 0.2) is 0 Å². The van der Waals surface area contributed by atoms with E-state index < -0.39 is 12.3 Å². The summed E-state index contributed by atoms with van der Waals surface area (Å²) < 4.78 is 16.5. The van der Waals surface area contributed by atoms with Crippen LogP contribution in [0.4, 0.5) is 4.79 Å². The maximum atomic E-state index is 12.8. The number of rotatable bonds is 5. The highest BCUT2D eigenvalue weighted by molar-refractivity contribution is 5.94. The molecule has 0 spiro atoms. The molecular formula is C28H24N2O6. The summed E-state index contributed by atoms with van der Waals surface area (Å²) in [6, 6.07) is 20.3. The van der Waals surface area contributed by atoms with Crippen molar-refractivity contribution in [2.24, 2.45) is 0 Å². The van der Waals surface area contributed by atoms with E-state index in [1.165, 1.54) is 17.2 Å². The number of benzene rings is 3. The van der Waals surface area contributed by atoms with Gasteiger partial charge in [-0.05, 0) is 60.7 Å². The topological polar surface area (TPSA) is 118 Å². The molecule has 0 saturated heterocycles. The lowest BCUT2D eigenvalue weighted by molar-refractivity contribution is 0.0326. The Morgan fingerprint density at radius 1 is 1.06 bits per heavy atom. The van der Waals surface area contributed by atoms with Crippen LogP contribution >= 0.6 is 0 Å². The second-order valence-corrected chi connectivity index (χ2v) is 8.82. The van der Waals surface area contributed by atoms with E-state index in [1.807, 2.05) is 12.1 Å². The van der Waals surface area contributed by atoms with Crippen LogP contribution in [0.3, 0.4) is 0 Å². The predicted octanol–water partition coefficient (Wildman–Crippen LogP) is 5.16. The third kappa shape index (κ3) is 4.96. The molecule has 2 atom stereocenters. The molecule has 0 bridgehead atoms. The van der Waals surface area contributed by atoms with Gasteiger partial charge in [-0.15, -0.1) is 0 Å². The fourth-order valence-electron chi connectivity index (χ4n) is 4.69. The first-order valence-corrected chi connectivity index (χ1v) is 11.8. The normalized spacial score (nSPS) is 18.0. The molecule has 1 aliphatic carbocycles. The van der Waals surface area contributed by atoms with Crippen LogP contribution in [0.25, 0.3) is 0 Å². The number of hydrogen-bond acceptors (Lipinski definition) is 6. The molecule has 182 valence electrons. The minimum absolute atomic E-state index is 0.0888. The van der Waals surface area contributed by atoms with Gasteiger partial charge in [0.2, 0.25) is 0 Å². The molecule has 0 fully saturated rings. The lowest BCUT2D eigenvalue weighted by Gasteiger charge is -2.26. The second kappa shape index (κ2) is 10.0. The molecule has 1 heterocycles. The highest BCUT2D eigenvalue weighted by atomic mass is 16.7. The number of ether oxygens (including phenoxy) is 3. The van der Waals surface area contributed by atoms with E-state index in [2.05, 4.69) is 23.5 Å². The maximum Gasteiger partial charge on any atom is 0.506 e. The first-order valence-electron chi connectivity index (χ1n) is 11.8. The molecule has 5 rings (SSSR count). The largest absolute Gasteiger partial charge is 0.506 e. The Morgan fingerprint density at radius 3 is 2.58 bits per heavy atom. The van der Waals surface area contributed by atoms with Crippen LogP contribution in [0.5, 0.6) is 17.2 Å². The van der Waals surface area contributed by atoms with E-state index in [-0.39, 0.29) is 29.9 Å². The van der Waals surface area contributed by atoms with Crippen LogP contribution < -0.4 is 14.8 Å². The minimum Gasteiger partial charge on any atom is -0.493 e. The van der Waals surface area contributed by atoms with Gasteiger partial charge in [0.25, 0.3) is 5.91 Å². The SMILES string of the molecule is N#Cc1cc2c(cc1Oc1ccc(C(=O)NC3CCc4ccccc4C3)cc1)OCCC2OC(=O)O. The molecule has 3 aromatic carbocycles. The number of carbonyl (C=O) groups is 2. The summed E-state index contributed by atoms with van der Waals surface area (Å²) in [5.41, 5.74) is 3.85. The molecule has 8 heteroatoms. The highest BCUT2D eigenvalue weighted by Gasteiger charge is 2.27. The first-order chi connectivity index (χ1) is 17.5. The van der Waals surface area contributed by atoms with Gasteiger partial charge in [0.05, 0.1) is 12.2 Å². The van der Waals surface area contributed by atoms with Crippen LogP contribution in [0, 0.1) is 11.3 Å². The summed E-state index contributed by atoms with van der Waals surface area (Å²) in [6.07, 6.45) is 0.939. The van der Waals surface area contributed by atoms with Crippen molar-refractivity contribution in [3.05, 3.63) is 88.5 Å². The Balaban J connectivity index is 1.27. The third-order valence-corrected chi connectivity index (χ3v) is 6.49. The zero-order valence-electron chi connectivity index (χ0n) is 19.4. The van der Waals surface area contributed by atoms with Crippen molar-refractivity contribution in [1.29, 1.82) is 5.26 Å². The van der Waals surface area contributed by atoms with E-state index in [0.717, 1.165) is 19.3 Å². The maximum absolute atomic E-state index is 12.8. The van der Waals surface area contributed by atoms with Gasteiger partial charge >= 0.3 is 6.16 Å². The quantitative estimate of drug-likeness (QED) is 0.481. The van der Waals surface area contributed by atoms with Gasteiger partial charge in [-0.2, -0.15) is 5.26 Å². The number of nitrogens with zero attached hydrogens (tertiary/aromatic N) is 1. The summed E-state index contributed by atoms with van der Waals surface area (Å²) in [4.78, 5) is 23.8. The molecule has 0 saturated carbocycles. The average Bonchev–Trinajstić information content (AvgIpc) is 2.88. The van der Waals surface area contributed by atoms with Crippen LogP contribution in [0.15, 0.2) is 60.7 Å². The molecule has 2 N–H and O–H groups in total. The molecule has 36 heavy (non-hydrogen) atoms. The van der Waals surface area contributed by atoms with Crippen molar-refractivity contribution in [2.45, 2.75) is 37.8 Å². The zero-order chi connectivity index (χ0) is 25.1. The van der Waals surface area contributed by atoms with Gasteiger partial charge in [0, 0.05) is 29.7 Å². The van der Waals surface area contributed by atoms with Crippen LogP contribution in [0.2, 0.25) is 0 Å². The monoisotopic (exact) mass is 484 g/mol. The number of nitriles is 1. The molecule has 1 aliphatic heterocycles. The Morgan fingerprint density at radius 2 is 1.83 bits per heavy atom. The molecule has 2 unspecified atom stereocenters. The summed E-state index contributed by atoms with van der Waals surface area (Å²) in [6.45, 7) is 0.284. The van der Waals surface area contributed by atoms with Crippen molar-refractivity contribution in [2.75, 3.05) is 6.61 Å². The molecule has 0 radical (unpaired) electrons. The fourth-order valence-corrected chi connectivity index (χ4v) is 4.69. The lowest BCUT2D eigenvalue weighted by atomic mass is 9.88. The summed E-state index contributed by atoms with van der Waals surface area (Å²) in [5.74, 6) is 0.982. The number of nitrogens with one attached hydrogen (secondary N) is 1.